The molecule has 0 amide bonds. The van der Waals surface area contributed by atoms with Gasteiger partial charge < -0.3 is 15.0 Å². The Morgan fingerprint density at radius 3 is 2.52 bits per heavy atom. The van der Waals surface area contributed by atoms with E-state index < -0.39 is 0 Å². The summed E-state index contributed by atoms with van der Waals surface area (Å²) in [7, 11) is 1.93. The molecule has 6 heteroatoms. The highest BCUT2D eigenvalue weighted by atomic mass is 35.5. The normalized spacial score (nSPS) is 10.7. The molecule has 1 heterocycles. The van der Waals surface area contributed by atoms with E-state index in [4.69, 9.17) is 23.2 Å². The number of anilines is 1. The molecule has 0 saturated carbocycles. The smallest absolute Gasteiger partial charge is 0.203 e. The zero-order chi connectivity index (χ0) is 16.4. The lowest BCUT2D eigenvalue weighted by Gasteiger charge is -2.10. The summed E-state index contributed by atoms with van der Waals surface area (Å²) < 4.78 is 1.95. The Balaban J connectivity index is 1.79. The molecule has 23 heavy (non-hydrogen) atoms. The van der Waals surface area contributed by atoms with Gasteiger partial charge in [0.1, 0.15) is 5.75 Å². The van der Waals surface area contributed by atoms with E-state index in [2.05, 4.69) is 10.3 Å². The third-order valence-electron chi connectivity index (χ3n) is 3.61. The van der Waals surface area contributed by atoms with Crippen molar-refractivity contribution in [3.8, 4) is 17.0 Å². The maximum absolute atomic E-state index is 9.85. The van der Waals surface area contributed by atoms with E-state index in [-0.39, 0.29) is 5.75 Å². The Labute approximate surface area is 144 Å². The van der Waals surface area contributed by atoms with Gasteiger partial charge in [0.2, 0.25) is 5.95 Å². The minimum Gasteiger partial charge on any atom is -0.508 e. The summed E-state index contributed by atoms with van der Waals surface area (Å²) in [6.07, 6.45) is 1.80. The zero-order valence-corrected chi connectivity index (χ0v) is 13.9. The van der Waals surface area contributed by atoms with Crippen molar-refractivity contribution in [1.29, 1.82) is 0 Å². The van der Waals surface area contributed by atoms with Crippen LogP contribution in [0, 0.1) is 0 Å². The molecule has 2 aromatic carbocycles. The zero-order valence-electron chi connectivity index (χ0n) is 12.4. The summed E-state index contributed by atoms with van der Waals surface area (Å²) in [6, 6.07) is 12.6. The number of aromatic hydroxyl groups is 1. The lowest BCUT2D eigenvalue weighted by atomic mass is 10.2. The fourth-order valence-corrected chi connectivity index (χ4v) is 2.65. The van der Waals surface area contributed by atoms with Gasteiger partial charge in [-0.25, -0.2) is 4.98 Å². The van der Waals surface area contributed by atoms with Crippen molar-refractivity contribution in [1.82, 2.24) is 9.55 Å². The van der Waals surface area contributed by atoms with E-state index >= 15 is 0 Å². The van der Waals surface area contributed by atoms with E-state index in [1.165, 1.54) is 0 Å². The fourth-order valence-electron chi connectivity index (χ4n) is 2.33. The average Bonchev–Trinajstić information content (AvgIpc) is 2.90. The van der Waals surface area contributed by atoms with Gasteiger partial charge in [-0.05, 0) is 35.9 Å². The second-order valence-corrected chi connectivity index (χ2v) is 6.03. The van der Waals surface area contributed by atoms with Crippen LogP contribution < -0.4 is 5.32 Å². The summed E-state index contributed by atoms with van der Waals surface area (Å²) in [4.78, 5) is 4.39. The van der Waals surface area contributed by atoms with Crippen LogP contribution in [-0.2, 0) is 13.6 Å². The molecule has 3 rings (SSSR count). The number of phenols is 1. The Hall–Kier alpha value is -2.17. The van der Waals surface area contributed by atoms with Crippen LogP contribution in [0.4, 0.5) is 5.95 Å². The molecule has 0 atom stereocenters. The standard InChI is InChI=1S/C17H15Cl2N3O/c1-22-15(11-2-4-13(18)5-3-11)10-21-17(22)20-9-12-8-14(19)6-7-16(12)23/h2-8,10,23H,9H2,1H3,(H,20,21). The molecule has 118 valence electrons. The number of nitrogens with zero attached hydrogens (tertiary/aromatic N) is 2. The number of aromatic nitrogens is 2. The number of halogens is 2. The molecule has 0 bridgehead atoms. The van der Waals surface area contributed by atoms with Crippen LogP contribution in [0.3, 0.4) is 0 Å². The number of nitrogens with one attached hydrogen (secondary N) is 1. The predicted octanol–water partition coefficient (Wildman–Crippen LogP) is 4.71. The van der Waals surface area contributed by atoms with Crippen LogP contribution in [0.25, 0.3) is 11.3 Å². The van der Waals surface area contributed by atoms with Crippen molar-refractivity contribution in [2.75, 3.05) is 5.32 Å². The SMILES string of the molecule is Cn1c(-c2ccc(Cl)cc2)cnc1NCc1cc(Cl)ccc1O. The molecule has 0 radical (unpaired) electrons. The predicted molar refractivity (Wildman–Crippen MR) is 94.1 cm³/mol. The van der Waals surface area contributed by atoms with Crippen LogP contribution in [-0.4, -0.2) is 14.7 Å². The molecule has 2 N–H and O–H groups in total. The molecule has 0 aliphatic carbocycles. The van der Waals surface area contributed by atoms with E-state index in [1.54, 1.807) is 24.4 Å². The van der Waals surface area contributed by atoms with Crippen molar-refractivity contribution in [2.45, 2.75) is 6.54 Å². The Bertz CT molecular complexity index is 828. The van der Waals surface area contributed by atoms with Gasteiger partial charge in [0.25, 0.3) is 0 Å². The molecule has 1 aromatic heterocycles. The summed E-state index contributed by atoms with van der Waals surface area (Å²) in [5.74, 6) is 0.906. The summed E-state index contributed by atoms with van der Waals surface area (Å²) in [5.41, 5.74) is 2.72. The first-order valence-corrected chi connectivity index (χ1v) is 7.79. The molecule has 3 aromatic rings. The molecule has 0 aliphatic rings. The van der Waals surface area contributed by atoms with Gasteiger partial charge in [0.15, 0.2) is 0 Å². The Morgan fingerprint density at radius 1 is 1.09 bits per heavy atom. The van der Waals surface area contributed by atoms with Crippen molar-refractivity contribution in [2.24, 2.45) is 7.05 Å². The molecule has 0 saturated heterocycles. The van der Waals surface area contributed by atoms with Crippen molar-refractivity contribution in [3.63, 3.8) is 0 Å². The maximum atomic E-state index is 9.85. The quantitative estimate of drug-likeness (QED) is 0.718. The highest BCUT2D eigenvalue weighted by Gasteiger charge is 2.09. The molecular weight excluding hydrogens is 333 g/mol. The van der Waals surface area contributed by atoms with E-state index in [9.17, 15) is 5.11 Å². The van der Waals surface area contributed by atoms with Gasteiger partial charge >= 0.3 is 0 Å². The maximum Gasteiger partial charge on any atom is 0.203 e. The second-order valence-electron chi connectivity index (χ2n) is 5.16. The van der Waals surface area contributed by atoms with Crippen LogP contribution in [0.15, 0.2) is 48.7 Å². The average molecular weight is 348 g/mol. The number of benzene rings is 2. The molecule has 0 fully saturated rings. The second kappa shape index (κ2) is 6.52. The van der Waals surface area contributed by atoms with Gasteiger partial charge in [-0.2, -0.15) is 0 Å². The van der Waals surface area contributed by atoms with E-state index in [0.29, 0.717) is 28.1 Å². The van der Waals surface area contributed by atoms with Gasteiger partial charge in [0, 0.05) is 29.2 Å². The molecule has 4 nitrogen and oxygen atoms in total. The topological polar surface area (TPSA) is 50.1 Å². The van der Waals surface area contributed by atoms with Gasteiger partial charge in [-0.3, -0.25) is 0 Å². The van der Waals surface area contributed by atoms with E-state index in [0.717, 1.165) is 11.3 Å². The largest absolute Gasteiger partial charge is 0.508 e. The van der Waals surface area contributed by atoms with E-state index in [1.807, 2.05) is 35.9 Å². The minimum atomic E-state index is 0.203. The minimum absolute atomic E-state index is 0.203. The number of hydrogen-bond acceptors (Lipinski definition) is 3. The first-order valence-electron chi connectivity index (χ1n) is 7.03. The van der Waals surface area contributed by atoms with Crippen LogP contribution in [0.1, 0.15) is 5.56 Å². The monoisotopic (exact) mass is 347 g/mol. The molecular formula is C17H15Cl2N3O. The summed E-state index contributed by atoms with van der Waals surface area (Å²) >= 11 is 11.9. The first-order chi connectivity index (χ1) is 11.0. The first kappa shape index (κ1) is 15.7. The number of imidazole rings is 1. The number of rotatable bonds is 4. The summed E-state index contributed by atoms with van der Waals surface area (Å²) in [5, 5.41) is 14.3. The van der Waals surface area contributed by atoms with Crippen molar-refractivity contribution in [3.05, 3.63) is 64.3 Å². The van der Waals surface area contributed by atoms with Gasteiger partial charge in [0.05, 0.1) is 11.9 Å². The Morgan fingerprint density at radius 2 is 1.78 bits per heavy atom. The van der Waals surface area contributed by atoms with Crippen molar-refractivity contribution < 1.29 is 5.11 Å². The van der Waals surface area contributed by atoms with Crippen LogP contribution in [0.5, 0.6) is 5.75 Å². The van der Waals surface area contributed by atoms with Crippen molar-refractivity contribution >= 4 is 29.2 Å². The molecule has 0 unspecified atom stereocenters. The molecule has 0 spiro atoms. The van der Waals surface area contributed by atoms with Crippen LogP contribution >= 0.6 is 23.2 Å². The third-order valence-corrected chi connectivity index (χ3v) is 4.09. The number of hydrogen-bond donors (Lipinski definition) is 2. The summed E-state index contributed by atoms with van der Waals surface area (Å²) in [6.45, 7) is 0.428. The van der Waals surface area contributed by atoms with Gasteiger partial charge in [-0.1, -0.05) is 35.3 Å². The Kier molecular flexibility index (Phi) is 4.46. The van der Waals surface area contributed by atoms with Crippen LogP contribution in [0.2, 0.25) is 10.0 Å². The highest BCUT2D eigenvalue weighted by molar-refractivity contribution is 6.30. The lowest BCUT2D eigenvalue weighted by molar-refractivity contribution is 0.469. The van der Waals surface area contributed by atoms with Gasteiger partial charge in [-0.15, -0.1) is 0 Å². The fraction of sp³-hybridized carbons (Fsp3) is 0.118. The molecule has 0 aliphatic heterocycles. The third kappa shape index (κ3) is 3.44. The highest BCUT2D eigenvalue weighted by Crippen LogP contribution is 2.25. The lowest BCUT2D eigenvalue weighted by Crippen LogP contribution is -2.06. The number of phenolic OH excluding ortho intramolecular Hbond substituents is 1.